The fourth-order valence-corrected chi connectivity index (χ4v) is 2.33. The van der Waals surface area contributed by atoms with Crippen molar-refractivity contribution in [3.05, 3.63) is 22.7 Å². The van der Waals surface area contributed by atoms with Gasteiger partial charge in [0.2, 0.25) is 5.95 Å². The summed E-state index contributed by atoms with van der Waals surface area (Å²) in [4.78, 5) is 16.5. The Morgan fingerprint density at radius 3 is 2.70 bits per heavy atom. The van der Waals surface area contributed by atoms with Crippen molar-refractivity contribution < 1.29 is 9.53 Å². The molecule has 1 unspecified atom stereocenters. The molecular formula is C14H18BrN3O2. The first-order valence-corrected chi connectivity index (χ1v) is 7.14. The van der Waals surface area contributed by atoms with Gasteiger partial charge >= 0.3 is 5.97 Å². The van der Waals surface area contributed by atoms with E-state index in [0.717, 1.165) is 15.5 Å². The molecule has 108 valence electrons. The van der Waals surface area contributed by atoms with Crippen molar-refractivity contribution in [2.45, 2.75) is 39.3 Å². The highest BCUT2D eigenvalue weighted by Gasteiger charge is 2.25. The van der Waals surface area contributed by atoms with Crippen molar-refractivity contribution in [1.29, 1.82) is 0 Å². The van der Waals surface area contributed by atoms with Crippen molar-refractivity contribution in [3.63, 3.8) is 0 Å². The minimum atomic E-state index is -0.534. The maximum atomic E-state index is 12.2. The fourth-order valence-electron chi connectivity index (χ4n) is 1.98. The number of benzene rings is 1. The Kier molecular flexibility index (Phi) is 3.77. The van der Waals surface area contributed by atoms with E-state index in [0.29, 0.717) is 5.95 Å². The summed E-state index contributed by atoms with van der Waals surface area (Å²) in [6.07, 6.45) is 0. The summed E-state index contributed by atoms with van der Waals surface area (Å²) in [6.45, 7) is 7.27. The van der Waals surface area contributed by atoms with Gasteiger partial charge < -0.3 is 10.5 Å². The quantitative estimate of drug-likeness (QED) is 0.852. The van der Waals surface area contributed by atoms with Crippen LogP contribution >= 0.6 is 15.9 Å². The summed E-state index contributed by atoms with van der Waals surface area (Å²) >= 11 is 3.41. The van der Waals surface area contributed by atoms with Gasteiger partial charge in [-0.3, -0.25) is 4.57 Å². The SMILES string of the molecule is CC(C(=O)OC(C)(C)C)n1c(N)nc2ccc(Br)cc21. The number of fused-ring (bicyclic) bond motifs is 1. The standard InChI is InChI=1S/C14H18BrN3O2/c1-8(12(19)20-14(2,3)4)18-11-7-9(15)5-6-10(11)17-13(18)16/h5-8H,1-4H3,(H2,16,17). The van der Waals surface area contributed by atoms with Crippen molar-refractivity contribution in [3.8, 4) is 0 Å². The van der Waals surface area contributed by atoms with Crippen LogP contribution < -0.4 is 5.73 Å². The second-order valence-electron chi connectivity index (χ2n) is 5.68. The van der Waals surface area contributed by atoms with Crippen LogP contribution in [0.3, 0.4) is 0 Å². The van der Waals surface area contributed by atoms with E-state index in [1.807, 2.05) is 39.0 Å². The zero-order valence-corrected chi connectivity index (χ0v) is 13.6. The van der Waals surface area contributed by atoms with Crippen LogP contribution in [-0.4, -0.2) is 21.1 Å². The zero-order valence-electron chi connectivity index (χ0n) is 12.0. The van der Waals surface area contributed by atoms with Crippen LogP contribution in [0.4, 0.5) is 5.95 Å². The lowest BCUT2D eigenvalue weighted by Gasteiger charge is -2.23. The van der Waals surface area contributed by atoms with Gasteiger partial charge in [-0.1, -0.05) is 15.9 Å². The number of nitrogen functional groups attached to an aromatic ring is 1. The minimum absolute atomic E-state index is 0.302. The predicted octanol–water partition coefficient (Wildman–Crippen LogP) is 3.28. The molecule has 2 N–H and O–H groups in total. The summed E-state index contributed by atoms with van der Waals surface area (Å²) in [6, 6.07) is 5.10. The average molecular weight is 340 g/mol. The molecule has 0 saturated carbocycles. The lowest BCUT2D eigenvalue weighted by Crippen LogP contribution is -2.29. The third-order valence-corrected chi connectivity index (χ3v) is 3.31. The number of nitrogens with two attached hydrogens (primary N) is 1. The van der Waals surface area contributed by atoms with E-state index in [1.165, 1.54) is 0 Å². The summed E-state index contributed by atoms with van der Waals surface area (Å²) in [5.74, 6) is -0.0278. The summed E-state index contributed by atoms with van der Waals surface area (Å²) < 4.78 is 8.00. The normalized spacial score (nSPS) is 13.4. The molecule has 0 aliphatic rings. The molecule has 0 amide bonds. The maximum absolute atomic E-state index is 12.2. The molecular weight excluding hydrogens is 322 g/mol. The highest BCUT2D eigenvalue weighted by atomic mass is 79.9. The van der Waals surface area contributed by atoms with Crippen LogP contribution in [-0.2, 0) is 9.53 Å². The van der Waals surface area contributed by atoms with Crippen molar-refractivity contribution >= 4 is 38.9 Å². The lowest BCUT2D eigenvalue weighted by atomic mass is 10.2. The largest absolute Gasteiger partial charge is 0.458 e. The fraction of sp³-hybridized carbons (Fsp3) is 0.429. The van der Waals surface area contributed by atoms with Gasteiger partial charge in [0.25, 0.3) is 0 Å². The first-order chi connectivity index (χ1) is 9.19. The average Bonchev–Trinajstić information content (AvgIpc) is 2.61. The van der Waals surface area contributed by atoms with E-state index in [2.05, 4.69) is 20.9 Å². The smallest absolute Gasteiger partial charge is 0.329 e. The number of imidazole rings is 1. The van der Waals surface area contributed by atoms with Gasteiger partial charge in [-0.25, -0.2) is 9.78 Å². The zero-order chi connectivity index (χ0) is 15.1. The molecule has 2 aromatic rings. The number of hydrogen-bond donors (Lipinski definition) is 1. The maximum Gasteiger partial charge on any atom is 0.329 e. The van der Waals surface area contributed by atoms with Crippen LogP contribution in [0.5, 0.6) is 0 Å². The molecule has 2 rings (SSSR count). The van der Waals surface area contributed by atoms with E-state index < -0.39 is 11.6 Å². The van der Waals surface area contributed by atoms with E-state index in [-0.39, 0.29) is 5.97 Å². The Morgan fingerprint density at radius 2 is 2.10 bits per heavy atom. The highest BCUT2D eigenvalue weighted by Crippen LogP contribution is 2.27. The molecule has 1 aromatic heterocycles. The molecule has 1 heterocycles. The van der Waals surface area contributed by atoms with E-state index >= 15 is 0 Å². The first-order valence-electron chi connectivity index (χ1n) is 6.35. The second kappa shape index (κ2) is 5.09. The third-order valence-electron chi connectivity index (χ3n) is 2.81. The predicted molar refractivity (Wildman–Crippen MR) is 82.4 cm³/mol. The van der Waals surface area contributed by atoms with Gasteiger partial charge in [-0.15, -0.1) is 0 Å². The molecule has 20 heavy (non-hydrogen) atoms. The molecule has 5 nitrogen and oxygen atoms in total. The van der Waals surface area contributed by atoms with E-state index in [4.69, 9.17) is 10.5 Å². The van der Waals surface area contributed by atoms with Crippen molar-refractivity contribution in [1.82, 2.24) is 9.55 Å². The third kappa shape index (κ3) is 2.95. The number of rotatable bonds is 2. The number of halogens is 1. The Labute approximate surface area is 126 Å². The number of carbonyl (C=O) groups excluding carboxylic acids is 1. The number of ether oxygens (including phenoxy) is 1. The molecule has 0 aliphatic heterocycles. The van der Waals surface area contributed by atoms with Gasteiger partial charge in [0.15, 0.2) is 0 Å². The van der Waals surface area contributed by atoms with Crippen LogP contribution in [0.25, 0.3) is 11.0 Å². The number of aromatic nitrogens is 2. The molecule has 0 saturated heterocycles. The number of hydrogen-bond acceptors (Lipinski definition) is 4. The number of carbonyl (C=O) groups is 1. The number of anilines is 1. The molecule has 1 atom stereocenters. The molecule has 6 heteroatoms. The highest BCUT2D eigenvalue weighted by molar-refractivity contribution is 9.10. The van der Waals surface area contributed by atoms with Gasteiger partial charge in [-0.05, 0) is 45.9 Å². The lowest BCUT2D eigenvalue weighted by molar-refractivity contribution is -0.158. The topological polar surface area (TPSA) is 70.1 Å². The Bertz CT molecular complexity index is 658. The van der Waals surface area contributed by atoms with Crippen LogP contribution in [0.2, 0.25) is 0 Å². The van der Waals surface area contributed by atoms with Crippen LogP contribution in [0, 0.1) is 0 Å². The van der Waals surface area contributed by atoms with Gasteiger partial charge in [0, 0.05) is 4.47 Å². The summed E-state index contributed by atoms with van der Waals surface area (Å²) in [5.41, 5.74) is 6.96. The molecule has 0 aliphatic carbocycles. The molecule has 0 spiro atoms. The first kappa shape index (κ1) is 14.8. The van der Waals surface area contributed by atoms with Gasteiger partial charge in [0.1, 0.15) is 11.6 Å². The Morgan fingerprint density at radius 1 is 1.45 bits per heavy atom. The summed E-state index contributed by atoms with van der Waals surface area (Å²) in [5, 5.41) is 0. The van der Waals surface area contributed by atoms with E-state index in [9.17, 15) is 4.79 Å². The van der Waals surface area contributed by atoms with Crippen LogP contribution in [0.15, 0.2) is 22.7 Å². The monoisotopic (exact) mass is 339 g/mol. The van der Waals surface area contributed by atoms with Gasteiger partial charge in [-0.2, -0.15) is 0 Å². The molecule has 0 radical (unpaired) electrons. The van der Waals surface area contributed by atoms with Gasteiger partial charge in [0.05, 0.1) is 11.0 Å². The molecule has 1 aromatic carbocycles. The van der Waals surface area contributed by atoms with Crippen molar-refractivity contribution in [2.75, 3.05) is 5.73 Å². The Balaban J connectivity index is 2.44. The van der Waals surface area contributed by atoms with E-state index in [1.54, 1.807) is 11.5 Å². The second-order valence-corrected chi connectivity index (χ2v) is 6.60. The number of esters is 1. The minimum Gasteiger partial charge on any atom is -0.458 e. The van der Waals surface area contributed by atoms with Crippen LogP contribution in [0.1, 0.15) is 33.7 Å². The summed E-state index contributed by atoms with van der Waals surface area (Å²) in [7, 11) is 0. The van der Waals surface area contributed by atoms with Crippen molar-refractivity contribution in [2.24, 2.45) is 0 Å². The number of nitrogens with zero attached hydrogens (tertiary/aromatic N) is 2. The molecule has 0 fully saturated rings. The Hall–Kier alpha value is -1.56. The molecule has 0 bridgehead atoms.